The first-order valence-corrected chi connectivity index (χ1v) is 9.86. The highest BCUT2D eigenvalue weighted by Gasteiger charge is 2.10. The van der Waals surface area contributed by atoms with Crippen LogP contribution in [0.15, 0.2) is 65.6 Å². The number of hydrogen-bond donors (Lipinski definition) is 3. The molecule has 3 aromatic rings. The molecule has 0 fully saturated rings. The lowest BCUT2D eigenvalue weighted by Crippen LogP contribution is -2.10. The first-order valence-electron chi connectivity index (χ1n) is 9.41. The average molecular weight is 439 g/mol. The summed E-state index contributed by atoms with van der Waals surface area (Å²) in [4.78, 5) is 11.4. The van der Waals surface area contributed by atoms with Crippen molar-refractivity contribution in [3.63, 3.8) is 0 Å². The number of hydrogen-bond acceptors (Lipinski definition) is 5. The molecule has 0 unspecified atom stereocenters. The largest absolute Gasteiger partial charge is 0.481 e. The van der Waals surface area contributed by atoms with Crippen LogP contribution in [0.4, 0.5) is 4.39 Å². The lowest BCUT2D eigenvalue weighted by atomic mass is 10.00. The molecule has 160 valence electrons. The number of aryl methyl sites for hydroxylation is 1. The van der Waals surface area contributed by atoms with Gasteiger partial charge in [0, 0.05) is 17.0 Å². The van der Waals surface area contributed by atoms with Gasteiger partial charge in [-0.15, -0.1) is 12.6 Å². The summed E-state index contributed by atoms with van der Waals surface area (Å²) in [5.74, 6) is -0.740. The number of benzene rings is 3. The van der Waals surface area contributed by atoms with Crippen LogP contribution in [0, 0.1) is 24.1 Å². The van der Waals surface area contributed by atoms with E-state index in [0.717, 1.165) is 16.7 Å². The molecule has 2 N–H and O–H groups in total. The van der Waals surface area contributed by atoms with Crippen LogP contribution in [0.5, 0.6) is 5.75 Å². The first-order chi connectivity index (χ1) is 14.8. The Morgan fingerprint density at radius 3 is 2.58 bits per heavy atom. The van der Waals surface area contributed by atoms with Crippen molar-refractivity contribution in [3.8, 4) is 22.9 Å². The maximum atomic E-state index is 12.5. The number of carbonyl (C=O) groups is 1. The zero-order valence-corrected chi connectivity index (χ0v) is 18.1. The van der Waals surface area contributed by atoms with Gasteiger partial charge in [-0.05, 0) is 67.1 Å². The van der Waals surface area contributed by atoms with Gasteiger partial charge in [-0.2, -0.15) is 5.26 Å². The van der Waals surface area contributed by atoms with E-state index in [9.17, 15) is 9.18 Å². The van der Waals surface area contributed by atoms with Crippen molar-refractivity contribution in [2.24, 2.45) is 0 Å². The summed E-state index contributed by atoms with van der Waals surface area (Å²) in [7, 11) is 1.85. The van der Waals surface area contributed by atoms with Crippen LogP contribution in [0.1, 0.15) is 16.7 Å². The molecular weight excluding hydrogens is 415 g/mol. The first kappa shape index (κ1) is 23.9. The Morgan fingerprint density at radius 2 is 1.97 bits per heavy atom. The third-order valence-electron chi connectivity index (χ3n) is 4.23. The predicted molar refractivity (Wildman–Crippen MR) is 121 cm³/mol. The second kappa shape index (κ2) is 11.7. The van der Waals surface area contributed by atoms with Gasteiger partial charge in [0.15, 0.2) is 6.61 Å². The highest BCUT2D eigenvalue weighted by atomic mass is 32.1. The number of nitriles is 1. The highest BCUT2D eigenvalue weighted by Crippen LogP contribution is 2.31. The Balaban J connectivity index is 0.000000316. The lowest BCUT2D eigenvalue weighted by Gasteiger charge is -2.13. The maximum Gasteiger partial charge on any atom is 0.341 e. The van der Waals surface area contributed by atoms with Crippen LogP contribution in [-0.4, -0.2) is 24.7 Å². The summed E-state index contributed by atoms with van der Waals surface area (Å²) in [6, 6.07) is 19.7. The number of aliphatic carboxylic acids is 1. The Bertz CT molecular complexity index is 1100. The molecule has 31 heavy (non-hydrogen) atoms. The van der Waals surface area contributed by atoms with Crippen molar-refractivity contribution < 1.29 is 19.0 Å². The SMILES string of the molecule is CNCc1ccc(OCC(=O)O)c(-c2cccc(C#N)c2)c1.Cc1ccc(S)cc1F. The molecule has 0 saturated heterocycles. The van der Waals surface area contributed by atoms with E-state index in [1.807, 2.05) is 25.2 Å². The van der Waals surface area contributed by atoms with Crippen molar-refractivity contribution >= 4 is 18.6 Å². The van der Waals surface area contributed by atoms with E-state index >= 15 is 0 Å². The maximum absolute atomic E-state index is 12.5. The third-order valence-corrected chi connectivity index (χ3v) is 4.51. The van der Waals surface area contributed by atoms with Crippen LogP contribution in [0.25, 0.3) is 11.1 Å². The van der Waals surface area contributed by atoms with Gasteiger partial charge >= 0.3 is 5.97 Å². The number of carboxylic acid groups (broad SMARTS) is 1. The second-order valence-corrected chi connectivity index (χ2v) is 7.19. The third kappa shape index (κ3) is 7.45. The quantitative estimate of drug-likeness (QED) is 0.480. The average Bonchev–Trinajstić information content (AvgIpc) is 2.76. The fraction of sp³-hybridized carbons (Fsp3) is 0.167. The molecule has 0 bridgehead atoms. The van der Waals surface area contributed by atoms with Gasteiger partial charge < -0.3 is 15.2 Å². The molecular formula is C24H23FN2O3S. The molecule has 7 heteroatoms. The van der Waals surface area contributed by atoms with E-state index in [4.69, 9.17) is 15.1 Å². The van der Waals surface area contributed by atoms with Crippen molar-refractivity contribution in [3.05, 3.63) is 83.2 Å². The van der Waals surface area contributed by atoms with Crippen LogP contribution in [0.3, 0.4) is 0 Å². The molecule has 0 aliphatic heterocycles. The van der Waals surface area contributed by atoms with Crippen LogP contribution >= 0.6 is 12.6 Å². The van der Waals surface area contributed by atoms with Gasteiger partial charge in [0.1, 0.15) is 11.6 Å². The molecule has 0 saturated carbocycles. The molecule has 0 radical (unpaired) electrons. The fourth-order valence-electron chi connectivity index (χ4n) is 2.72. The van der Waals surface area contributed by atoms with Gasteiger partial charge in [0.05, 0.1) is 11.6 Å². The molecule has 3 rings (SSSR count). The smallest absolute Gasteiger partial charge is 0.341 e. The van der Waals surface area contributed by atoms with Crippen LogP contribution < -0.4 is 10.1 Å². The van der Waals surface area contributed by atoms with Gasteiger partial charge in [-0.25, -0.2) is 9.18 Å². The van der Waals surface area contributed by atoms with Crippen molar-refractivity contribution in [2.45, 2.75) is 18.4 Å². The minimum absolute atomic E-state index is 0.192. The summed E-state index contributed by atoms with van der Waals surface area (Å²) in [5, 5.41) is 20.9. The van der Waals surface area contributed by atoms with E-state index in [2.05, 4.69) is 24.0 Å². The topological polar surface area (TPSA) is 82.3 Å². The number of ether oxygens (including phenoxy) is 1. The van der Waals surface area contributed by atoms with Gasteiger partial charge in [0.2, 0.25) is 0 Å². The number of carboxylic acids is 1. The Morgan fingerprint density at radius 1 is 1.19 bits per heavy atom. The minimum Gasteiger partial charge on any atom is -0.481 e. The zero-order valence-electron chi connectivity index (χ0n) is 17.2. The molecule has 0 atom stereocenters. The van der Waals surface area contributed by atoms with Crippen molar-refractivity contribution in [1.29, 1.82) is 5.26 Å². The number of nitrogens with one attached hydrogen (secondary N) is 1. The van der Waals surface area contributed by atoms with Crippen molar-refractivity contribution in [2.75, 3.05) is 13.7 Å². The summed E-state index contributed by atoms with van der Waals surface area (Å²) < 4.78 is 17.9. The van der Waals surface area contributed by atoms with E-state index in [0.29, 0.717) is 28.3 Å². The predicted octanol–water partition coefficient (Wildman–Crippen LogP) is 4.83. The summed E-state index contributed by atoms with van der Waals surface area (Å²) in [6.07, 6.45) is 0. The van der Waals surface area contributed by atoms with E-state index in [1.54, 1.807) is 43.3 Å². The Labute approximate surface area is 186 Å². The van der Waals surface area contributed by atoms with E-state index in [-0.39, 0.29) is 5.82 Å². The summed E-state index contributed by atoms with van der Waals surface area (Å²) in [5.41, 5.74) is 3.83. The molecule has 3 aromatic carbocycles. The minimum atomic E-state index is -1.03. The molecule has 5 nitrogen and oxygen atoms in total. The second-order valence-electron chi connectivity index (χ2n) is 6.67. The van der Waals surface area contributed by atoms with Gasteiger partial charge in [-0.3, -0.25) is 0 Å². The normalized spacial score (nSPS) is 9.90. The zero-order chi connectivity index (χ0) is 22.8. The summed E-state index contributed by atoms with van der Waals surface area (Å²) >= 11 is 3.96. The lowest BCUT2D eigenvalue weighted by molar-refractivity contribution is -0.139. The molecule has 0 heterocycles. The number of rotatable bonds is 6. The molecule has 0 spiro atoms. The Hall–Kier alpha value is -3.34. The molecule has 0 aliphatic carbocycles. The summed E-state index contributed by atoms with van der Waals surface area (Å²) in [6.45, 7) is 2.00. The van der Waals surface area contributed by atoms with Gasteiger partial charge in [0.25, 0.3) is 0 Å². The molecule has 0 aromatic heterocycles. The standard InChI is InChI=1S/C17H16N2O3.C7H7FS/c1-19-10-13-5-6-16(22-11-17(20)21)15(8-13)14-4-2-3-12(7-14)9-18;1-5-2-3-6(9)4-7(5)8/h2-8,19H,10-11H2,1H3,(H,20,21);2-4,9H,1H3. The number of thiol groups is 1. The number of nitrogens with zero attached hydrogens (tertiary/aromatic N) is 1. The highest BCUT2D eigenvalue weighted by molar-refractivity contribution is 7.80. The monoisotopic (exact) mass is 438 g/mol. The van der Waals surface area contributed by atoms with E-state index in [1.165, 1.54) is 6.07 Å². The van der Waals surface area contributed by atoms with Gasteiger partial charge in [-0.1, -0.05) is 24.3 Å². The van der Waals surface area contributed by atoms with Crippen molar-refractivity contribution in [1.82, 2.24) is 5.32 Å². The van der Waals surface area contributed by atoms with Crippen LogP contribution in [0.2, 0.25) is 0 Å². The van der Waals surface area contributed by atoms with Crippen LogP contribution in [-0.2, 0) is 11.3 Å². The molecule has 0 amide bonds. The number of halogens is 1. The van der Waals surface area contributed by atoms with E-state index < -0.39 is 12.6 Å². The molecule has 0 aliphatic rings. The fourth-order valence-corrected chi connectivity index (χ4v) is 2.91. The Kier molecular flexibility index (Phi) is 9.07.